The van der Waals surface area contributed by atoms with Gasteiger partial charge in [0.25, 0.3) is 5.91 Å². The van der Waals surface area contributed by atoms with Gasteiger partial charge in [-0.25, -0.2) is 8.42 Å². The van der Waals surface area contributed by atoms with E-state index in [4.69, 9.17) is 9.47 Å². The van der Waals surface area contributed by atoms with Crippen molar-refractivity contribution in [1.82, 2.24) is 5.32 Å². The van der Waals surface area contributed by atoms with Crippen LogP contribution in [0.15, 0.2) is 48.5 Å². The maximum Gasteiger partial charge on any atom is 0.251 e. The van der Waals surface area contributed by atoms with E-state index >= 15 is 0 Å². The molecule has 0 bridgehead atoms. The zero-order valence-electron chi connectivity index (χ0n) is 14.9. The highest BCUT2D eigenvalue weighted by Gasteiger charge is 2.11. The number of hydrogen-bond acceptors (Lipinski definition) is 5. The third kappa shape index (κ3) is 6.29. The number of carbonyl (C=O) groups excluding carboxylic acids is 1. The van der Waals surface area contributed by atoms with Gasteiger partial charge in [0.05, 0.1) is 19.4 Å². The van der Waals surface area contributed by atoms with Crippen LogP contribution in [0.4, 0.5) is 5.69 Å². The number of hydrogen-bond donors (Lipinski definition) is 2. The van der Waals surface area contributed by atoms with Crippen molar-refractivity contribution in [3.8, 4) is 11.5 Å². The summed E-state index contributed by atoms with van der Waals surface area (Å²) in [6, 6.07) is 13.2. The summed E-state index contributed by atoms with van der Waals surface area (Å²) in [5.74, 6) is 1.16. The van der Waals surface area contributed by atoms with Crippen molar-refractivity contribution in [2.75, 3.05) is 24.7 Å². The van der Waals surface area contributed by atoms with E-state index in [0.29, 0.717) is 23.6 Å². The molecule has 2 aromatic carbocycles. The standard InChI is InChI=1S/C18H22N2O5S/c1-13(12-25-17-10-8-16(24-2)9-11-17)19-18(21)14-4-6-15(7-5-14)20-26(3,22)23/h4-11,13,20H,12H2,1-3H3,(H,19,21)/t13-/m0/s1. The molecule has 2 aromatic rings. The van der Waals surface area contributed by atoms with Gasteiger partial charge in [-0.3, -0.25) is 9.52 Å². The van der Waals surface area contributed by atoms with Crippen LogP contribution in [-0.4, -0.2) is 40.3 Å². The Balaban J connectivity index is 1.85. The first kappa shape index (κ1) is 19.6. The van der Waals surface area contributed by atoms with Gasteiger partial charge in [-0.05, 0) is 55.5 Å². The lowest BCUT2D eigenvalue weighted by Crippen LogP contribution is -2.36. The highest BCUT2D eigenvalue weighted by Crippen LogP contribution is 2.17. The van der Waals surface area contributed by atoms with Gasteiger partial charge >= 0.3 is 0 Å². The summed E-state index contributed by atoms with van der Waals surface area (Å²) in [4.78, 5) is 12.2. The Kier molecular flexibility index (Phi) is 6.46. The van der Waals surface area contributed by atoms with Crippen molar-refractivity contribution >= 4 is 21.6 Å². The highest BCUT2D eigenvalue weighted by atomic mass is 32.2. The fourth-order valence-electron chi connectivity index (χ4n) is 2.15. The molecule has 0 spiro atoms. The maximum absolute atomic E-state index is 12.2. The smallest absolute Gasteiger partial charge is 0.251 e. The minimum absolute atomic E-state index is 0.210. The number of amides is 1. The summed E-state index contributed by atoms with van der Waals surface area (Å²) in [7, 11) is -1.75. The molecule has 2 rings (SSSR count). The number of carbonyl (C=O) groups is 1. The molecule has 0 heterocycles. The van der Waals surface area contributed by atoms with Crippen molar-refractivity contribution in [2.45, 2.75) is 13.0 Å². The van der Waals surface area contributed by atoms with Crippen LogP contribution in [0.25, 0.3) is 0 Å². The summed E-state index contributed by atoms with van der Waals surface area (Å²) in [6.45, 7) is 2.15. The minimum Gasteiger partial charge on any atom is -0.497 e. The lowest BCUT2D eigenvalue weighted by atomic mass is 10.2. The van der Waals surface area contributed by atoms with Crippen LogP contribution in [-0.2, 0) is 10.0 Å². The van der Waals surface area contributed by atoms with Crippen molar-refractivity contribution in [3.05, 3.63) is 54.1 Å². The average Bonchev–Trinajstić information content (AvgIpc) is 2.59. The molecule has 8 heteroatoms. The van der Waals surface area contributed by atoms with Crippen molar-refractivity contribution in [3.63, 3.8) is 0 Å². The molecule has 1 atom stereocenters. The summed E-state index contributed by atoms with van der Waals surface area (Å²) in [6.07, 6.45) is 1.07. The molecule has 2 N–H and O–H groups in total. The largest absolute Gasteiger partial charge is 0.497 e. The highest BCUT2D eigenvalue weighted by molar-refractivity contribution is 7.92. The van der Waals surface area contributed by atoms with E-state index < -0.39 is 10.0 Å². The predicted molar refractivity (Wildman–Crippen MR) is 100 cm³/mol. The third-order valence-electron chi connectivity index (χ3n) is 3.39. The number of anilines is 1. The molecule has 0 saturated heterocycles. The quantitative estimate of drug-likeness (QED) is 0.735. The van der Waals surface area contributed by atoms with Crippen LogP contribution in [0, 0.1) is 0 Å². The van der Waals surface area contributed by atoms with Gasteiger partial charge in [0.2, 0.25) is 10.0 Å². The first-order valence-electron chi connectivity index (χ1n) is 7.92. The second kappa shape index (κ2) is 8.57. The molecule has 0 aliphatic carbocycles. The second-order valence-corrected chi connectivity index (χ2v) is 7.56. The average molecular weight is 378 g/mol. The molecule has 0 fully saturated rings. The van der Waals surface area contributed by atoms with Gasteiger partial charge in [0.15, 0.2) is 0 Å². The Morgan fingerprint density at radius 2 is 1.62 bits per heavy atom. The fourth-order valence-corrected chi connectivity index (χ4v) is 2.71. The van der Waals surface area contributed by atoms with E-state index in [1.165, 1.54) is 12.1 Å². The molecular weight excluding hydrogens is 356 g/mol. The molecule has 7 nitrogen and oxygen atoms in total. The molecule has 0 aliphatic rings. The van der Waals surface area contributed by atoms with Crippen LogP contribution in [0.2, 0.25) is 0 Å². The van der Waals surface area contributed by atoms with Crippen LogP contribution in [0.1, 0.15) is 17.3 Å². The van der Waals surface area contributed by atoms with E-state index in [-0.39, 0.29) is 11.9 Å². The first-order chi connectivity index (χ1) is 12.3. The molecule has 140 valence electrons. The normalized spacial score (nSPS) is 12.1. The van der Waals surface area contributed by atoms with Gasteiger partial charge in [0, 0.05) is 11.3 Å². The van der Waals surface area contributed by atoms with Gasteiger partial charge in [-0.2, -0.15) is 0 Å². The molecule has 0 radical (unpaired) electrons. The zero-order valence-corrected chi connectivity index (χ0v) is 15.7. The Morgan fingerprint density at radius 1 is 1.04 bits per heavy atom. The van der Waals surface area contributed by atoms with E-state index in [9.17, 15) is 13.2 Å². The maximum atomic E-state index is 12.2. The first-order valence-corrected chi connectivity index (χ1v) is 9.81. The lowest BCUT2D eigenvalue weighted by Gasteiger charge is -2.15. The van der Waals surface area contributed by atoms with E-state index in [1.54, 1.807) is 43.5 Å². The molecule has 26 heavy (non-hydrogen) atoms. The number of sulfonamides is 1. The van der Waals surface area contributed by atoms with Crippen molar-refractivity contribution in [1.29, 1.82) is 0 Å². The van der Waals surface area contributed by atoms with Gasteiger partial charge in [-0.1, -0.05) is 0 Å². The molecule has 0 aromatic heterocycles. The molecule has 0 aliphatic heterocycles. The summed E-state index contributed by atoms with van der Waals surface area (Å²) >= 11 is 0. The number of rotatable bonds is 8. The molecule has 0 saturated carbocycles. The van der Waals surface area contributed by atoms with Crippen LogP contribution < -0.4 is 19.5 Å². The zero-order chi connectivity index (χ0) is 19.2. The number of ether oxygens (including phenoxy) is 2. The van der Waals surface area contributed by atoms with E-state index in [0.717, 1.165) is 12.0 Å². The molecule has 0 unspecified atom stereocenters. The summed E-state index contributed by atoms with van der Waals surface area (Å²) < 4.78 is 35.4. The lowest BCUT2D eigenvalue weighted by molar-refractivity contribution is 0.0926. The van der Waals surface area contributed by atoms with Crippen LogP contribution in [0.3, 0.4) is 0 Å². The summed E-state index contributed by atoms with van der Waals surface area (Å²) in [5, 5.41) is 2.83. The van der Waals surface area contributed by atoms with Crippen LogP contribution >= 0.6 is 0 Å². The van der Waals surface area contributed by atoms with Gasteiger partial charge < -0.3 is 14.8 Å². The van der Waals surface area contributed by atoms with Gasteiger partial charge in [-0.15, -0.1) is 0 Å². The number of benzene rings is 2. The number of nitrogens with one attached hydrogen (secondary N) is 2. The fraction of sp³-hybridized carbons (Fsp3) is 0.278. The van der Waals surface area contributed by atoms with Crippen molar-refractivity contribution in [2.24, 2.45) is 0 Å². The Bertz CT molecular complexity index is 833. The van der Waals surface area contributed by atoms with Gasteiger partial charge in [0.1, 0.15) is 18.1 Å². The Labute approximate surface area is 153 Å². The SMILES string of the molecule is COc1ccc(OC[C@H](C)NC(=O)c2ccc(NS(C)(=O)=O)cc2)cc1. The Hall–Kier alpha value is -2.74. The molecule has 1 amide bonds. The number of methoxy groups -OCH3 is 1. The minimum atomic E-state index is -3.34. The van der Waals surface area contributed by atoms with Crippen molar-refractivity contribution < 1.29 is 22.7 Å². The topological polar surface area (TPSA) is 93.7 Å². The second-order valence-electron chi connectivity index (χ2n) is 5.81. The monoisotopic (exact) mass is 378 g/mol. The Morgan fingerprint density at radius 3 is 2.15 bits per heavy atom. The van der Waals surface area contributed by atoms with E-state index in [2.05, 4.69) is 10.0 Å². The summed E-state index contributed by atoms with van der Waals surface area (Å²) in [5.41, 5.74) is 0.834. The van der Waals surface area contributed by atoms with E-state index in [1.807, 2.05) is 6.92 Å². The predicted octanol–water partition coefficient (Wildman–Crippen LogP) is 2.26. The van der Waals surface area contributed by atoms with Crippen LogP contribution in [0.5, 0.6) is 11.5 Å². The third-order valence-corrected chi connectivity index (χ3v) is 3.99. The molecular formula is C18H22N2O5S.